The van der Waals surface area contributed by atoms with Crippen LogP contribution in [0.25, 0.3) is 49.6 Å². The van der Waals surface area contributed by atoms with Gasteiger partial charge in [-0.1, -0.05) is 30.3 Å². The van der Waals surface area contributed by atoms with Crippen LogP contribution >= 0.6 is 0 Å². The summed E-state index contributed by atoms with van der Waals surface area (Å²) in [5.74, 6) is 0. The van der Waals surface area contributed by atoms with Gasteiger partial charge in [-0.05, 0) is 47.4 Å². The first-order valence-corrected chi connectivity index (χ1v) is 9.43. The van der Waals surface area contributed by atoms with E-state index in [0.29, 0.717) is 0 Å². The van der Waals surface area contributed by atoms with E-state index in [1.807, 2.05) is 30.7 Å². The van der Waals surface area contributed by atoms with Gasteiger partial charge in [0.2, 0.25) is 0 Å². The molecule has 4 heterocycles. The van der Waals surface area contributed by atoms with Gasteiger partial charge >= 0.3 is 0 Å². The summed E-state index contributed by atoms with van der Waals surface area (Å²) < 4.78 is 2.28. The van der Waals surface area contributed by atoms with Gasteiger partial charge in [-0.25, -0.2) is 4.98 Å². The van der Waals surface area contributed by atoms with Gasteiger partial charge in [-0.3, -0.25) is 14.4 Å². The molecule has 0 atom stereocenters. The molecule has 130 valence electrons. The van der Waals surface area contributed by atoms with Crippen molar-refractivity contribution in [1.82, 2.24) is 19.4 Å². The number of fused-ring (bicyclic) bond motifs is 12. The van der Waals surface area contributed by atoms with Crippen molar-refractivity contribution in [2.24, 2.45) is 0 Å². The summed E-state index contributed by atoms with van der Waals surface area (Å²) in [6, 6.07) is 19.2. The van der Waals surface area contributed by atoms with Crippen LogP contribution in [0, 0.1) is 0 Å². The molecule has 4 heteroatoms. The van der Waals surface area contributed by atoms with Crippen molar-refractivity contribution in [1.29, 1.82) is 0 Å². The van der Waals surface area contributed by atoms with E-state index in [1.165, 1.54) is 27.8 Å². The van der Waals surface area contributed by atoms with Crippen LogP contribution in [0.1, 0.15) is 11.1 Å². The predicted molar refractivity (Wildman–Crippen MR) is 112 cm³/mol. The molecule has 0 N–H and O–H groups in total. The zero-order valence-corrected chi connectivity index (χ0v) is 14.9. The second kappa shape index (κ2) is 4.93. The summed E-state index contributed by atoms with van der Waals surface area (Å²) in [5, 5.41) is 2.12. The molecule has 6 aromatic rings. The molecule has 0 unspecified atom stereocenters. The minimum atomic E-state index is 0.941. The number of nitrogens with zero attached hydrogens (tertiary/aromatic N) is 4. The number of imidazole rings is 1. The molecule has 0 saturated carbocycles. The lowest BCUT2D eigenvalue weighted by atomic mass is 10.0. The maximum Gasteiger partial charge on any atom is 0.148 e. The second-order valence-electron chi connectivity index (χ2n) is 7.36. The molecule has 28 heavy (non-hydrogen) atoms. The van der Waals surface area contributed by atoms with Gasteiger partial charge in [0, 0.05) is 34.9 Å². The average molecular weight is 358 g/mol. The van der Waals surface area contributed by atoms with Crippen LogP contribution in [0.5, 0.6) is 0 Å². The first kappa shape index (κ1) is 14.3. The smallest absolute Gasteiger partial charge is 0.148 e. The van der Waals surface area contributed by atoms with Crippen molar-refractivity contribution in [3.8, 4) is 11.1 Å². The molecule has 1 aliphatic rings. The summed E-state index contributed by atoms with van der Waals surface area (Å²) in [4.78, 5) is 14.1. The van der Waals surface area contributed by atoms with Crippen LogP contribution in [-0.2, 0) is 6.42 Å². The molecule has 4 nitrogen and oxygen atoms in total. The van der Waals surface area contributed by atoms with E-state index in [0.717, 1.165) is 39.4 Å². The number of pyridine rings is 3. The fourth-order valence-corrected chi connectivity index (χ4v) is 4.76. The minimum absolute atomic E-state index is 0.941. The van der Waals surface area contributed by atoms with Crippen molar-refractivity contribution < 1.29 is 0 Å². The maximum atomic E-state index is 5.04. The lowest BCUT2D eigenvalue weighted by molar-refractivity contribution is 1.26. The molecule has 0 spiro atoms. The van der Waals surface area contributed by atoms with Crippen LogP contribution in [0.2, 0.25) is 0 Å². The number of benzene rings is 2. The zero-order chi connectivity index (χ0) is 18.2. The maximum absolute atomic E-state index is 5.04. The third-order valence-corrected chi connectivity index (χ3v) is 5.92. The Bertz CT molecular complexity index is 1590. The largest absolute Gasteiger partial charge is 0.289 e. The first-order chi connectivity index (χ1) is 13.9. The second-order valence-corrected chi connectivity index (χ2v) is 7.36. The van der Waals surface area contributed by atoms with E-state index in [1.54, 1.807) is 0 Å². The fraction of sp³-hybridized carbons (Fsp3) is 0.0417. The van der Waals surface area contributed by atoms with E-state index in [9.17, 15) is 0 Å². The third kappa shape index (κ3) is 1.63. The Hall–Kier alpha value is -3.79. The number of hydrogen-bond acceptors (Lipinski definition) is 3. The minimum Gasteiger partial charge on any atom is -0.289 e. The molecular formula is C24H14N4. The Morgan fingerprint density at radius 3 is 2.79 bits per heavy atom. The molecular weight excluding hydrogens is 344 g/mol. The highest BCUT2D eigenvalue weighted by molar-refractivity contribution is 6.13. The Morgan fingerprint density at radius 1 is 0.821 bits per heavy atom. The summed E-state index contributed by atoms with van der Waals surface area (Å²) in [6.07, 6.45) is 6.55. The molecule has 0 aliphatic heterocycles. The Morgan fingerprint density at radius 2 is 1.79 bits per heavy atom. The molecule has 1 aliphatic carbocycles. The van der Waals surface area contributed by atoms with Crippen molar-refractivity contribution in [3.63, 3.8) is 0 Å². The van der Waals surface area contributed by atoms with E-state index in [2.05, 4.69) is 51.8 Å². The zero-order valence-electron chi connectivity index (χ0n) is 14.9. The molecule has 0 radical (unpaired) electrons. The average Bonchev–Trinajstić information content (AvgIpc) is 3.32. The van der Waals surface area contributed by atoms with Gasteiger partial charge in [-0.2, -0.15) is 0 Å². The van der Waals surface area contributed by atoms with Crippen molar-refractivity contribution in [2.75, 3.05) is 0 Å². The van der Waals surface area contributed by atoms with Gasteiger partial charge in [0.05, 0.1) is 22.1 Å². The lowest BCUT2D eigenvalue weighted by Gasteiger charge is -2.09. The standard InChI is InChI=1S/C24H14N4/c1-2-5-16-14(4-1)12-15-7-8-19-23(21(15)16)28-20-6-3-10-26-22(20)17-9-11-25-13-18(17)24(28)27-19/h1-11,13H,12H2. The van der Waals surface area contributed by atoms with Crippen LogP contribution < -0.4 is 0 Å². The van der Waals surface area contributed by atoms with Crippen LogP contribution in [0.15, 0.2) is 73.2 Å². The number of hydrogen-bond donors (Lipinski definition) is 0. The van der Waals surface area contributed by atoms with E-state index in [4.69, 9.17) is 9.97 Å². The van der Waals surface area contributed by atoms with Crippen molar-refractivity contribution in [2.45, 2.75) is 6.42 Å². The summed E-state index contributed by atoms with van der Waals surface area (Å²) in [6.45, 7) is 0. The van der Waals surface area contributed by atoms with E-state index in [-0.39, 0.29) is 0 Å². The van der Waals surface area contributed by atoms with Crippen molar-refractivity contribution in [3.05, 3.63) is 84.3 Å². The SMILES string of the molecule is c1ccc2c(c1)Cc1ccc3nc4c5cnccc5c5ncccc5n4c3c1-2. The quantitative estimate of drug-likeness (QED) is 0.352. The fourth-order valence-electron chi connectivity index (χ4n) is 4.76. The van der Waals surface area contributed by atoms with Gasteiger partial charge < -0.3 is 0 Å². The number of aromatic nitrogens is 4. The van der Waals surface area contributed by atoms with Gasteiger partial charge in [-0.15, -0.1) is 0 Å². The third-order valence-electron chi connectivity index (χ3n) is 5.92. The van der Waals surface area contributed by atoms with Crippen LogP contribution in [0.4, 0.5) is 0 Å². The molecule has 0 fully saturated rings. The normalized spacial score (nSPS) is 12.9. The van der Waals surface area contributed by atoms with Crippen molar-refractivity contribution >= 4 is 38.5 Å². The van der Waals surface area contributed by atoms with Gasteiger partial charge in [0.15, 0.2) is 0 Å². The summed E-state index contributed by atoms with van der Waals surface area (Å²) in [5.41, 5.74) is 10.5. The highest BCUT2D eigenvalue weighted by Crippen LogP contribution is 2.42. The van der Waals surface area contributed by atoms with Crippen LogP contribution in [0.3, 0.4) is 0 Å². The summed E-state index contributed by atoms with van der Waals surface area (Å²) in [7, 11) is 0. The molecule has 2 aromatic carbocycles. The van der Waals surface area contributed by atoms with Gasteiger partial charge in [0.1, 0.15) is 5.65 Å². The molecule has 0 saturated heterocycles. The molecule has 4 aromatic heterocycles. The highest BCUT2D eigenvalue weighted by Gasteiger charge is 2.24. The topological polar surface area (TPSA) is 43.1 Å². The highest BCUT2D eigenvalue weighted by atomic mass is 15.0. The van der Waals surface area contributed by atoms with Crippen LogP contribution in [-0.4, -0.2) is 19.4 Å². The van der Waals surface area contributed by atoms with Gasteiger partial charge in [0.25, 0.3) is 0 Å². The predicted octanol–water partition coefficient (Wildman–Crippen LogP) is 5.16. The number of rotatable bonds is 0. The summed E-state index contributed by atoms with van der Waals surface area (Å²) >= 11 is 0. The molecule has 7 rings (SSSR count). The lowest BCUT2D eigenvalue weighted by Crippen LogP contribution is -1.94. The first-order valence-electron chi connectivity index (χ1n) is 9.43. The molecule has 0 amide bonds. The molecule has 0 bridgehead atoms. The Labute approximate surface area is 160 Å². The Kier molecular flexibility index (Phi) is 2.51. The van der Waals surface area contributed by atoms with E-state index >= 15 is 0 Å². The van der Waals surface area contributed by atoms with E-state index < -0.39 is 0 Å². The Balaban J connectivity index is 1.82. The monoisotopic (exact) mass is 358 g/mol.